The largest absolute Gasteiger partial charge is 0.380 e. The van der Waals surface area contributed by atoms with Gasteiger partial charge >= 0.3 is 0 Å². The van der Waals surface area contributed by atoms with E-state index >= 15 is 0 Å². The van der Waals surface area contributed by atoms with Crippen LogP contribution in [0.25, 0.3) is 5.69 Å². The molecule has 1 fully saturated rings. The molecule has 4 rings (SSSR count). The number of aromatic nitrogens is 6. The first-order valence-electron chi connectivity index (χ1n) is 8.78. The number of imidazole rings is 1. The maximum absolute atomic E-state index is 5.62. The number of H-pyrrole nitrogens is 1. The van der Waals surface area contributed by atoms with Gasteiger partial charge < -0.3 is 9.72 Å². The summed E-state index contributed by atoms with van der Waals surface area (Å²) in [6, 6.07) is 10.1. The summed E-state index contributed by atoms with van der Waals surface area (Å²) >= 11 is 0. The zero-order valence-corrected chi connectivity index (χ0v) is 15.3. The van der Waals surface area contributed by atoms with Crippen molar-refractivity contribution < 1.29 is 4.74 Å². The average molecular weight is 353 g/mol. The molecule has 1 N–H and O–H groups in total. The molecule has 1 aliphatic rings. The van der Waals surface area contributed by atoms with Gasteiger partial charge in [0.25, 0.3) is 0 Å². The number of rotatable bonds is 5. The molecule has 0 radical (unpaired) electrons. The number of ether oxygens (including phenoxy) is 1. The molecule has 2 aromatic heterocycles. The van der Waals surface area contributed by atoms with Crippen molar-refractivity contribution in [3.63, 3.8) is 0 Å². The smallest absolute Gasteiger partial charge is 0.170 e. The SMILES string of the molecule is CO[C@@H]1C[C@@H](c2nc(C)c(C)[nH]2)N(Cc2nnnn2-c2ccccc2)C1. The van der Waals surface area contributed by atoms with Gasteiger partial charge in [-0.1, -0.05) is 18.2 Å². The molecule has 26 heavy (non-hydrogen) atoms. The lowest BCUT2D eigenvalue weighted by atomic mass is 10.2. The summed E-state index contributed by atoms with van der Waals surface area (Å²) in [4.78, 5) is 10.5. The van der Waals surface area contributed by atoms with Gasteiger partial charge in [0, 0.05) is 19.3 Å². The van der Waals surface area contributed by atoms with E-state index in [1.165, 1.54) is 0 Å². The van der Waals surface area contributed by atoms with Gasteiger partial charge in [-0.15, -0.1) is 5.10 Å². The van der Waals surface area contributed by atoms with E-state index < -0.39 is 0 Å². The van der Waals surface area contributed by atoms with Crippen LogP contribution in [-0.2, 0) is 11.3 Å². The van der Waals surface area contributed by atoms with E-state index in [-0.39, 0.29) is 12.1 Å². The molecular formula is C18H23N7O. The highest BCUT2D eigenvalue weighted by molar-refractivity contribution is 5.30. The lowest BCUT2D eigenvalue weighted by Gasteiger charge is -2.21. The Bertz CT molecular complexity index is 853. The maximum atomic E-state index is 5.62. The van der Waals surface area contributed by atoms with Gasteiger partial charge in [-0.2, -0.15) is 4.68 Å². The molecule has 8 nitrogen and oxygen atoms in total. The molecule has 3 aromatic rings. The van der Waals surface area contributed by atoms with E-state index in [0.29, 0.717) is 6.54 Å². The first-order valence-corrected chi connectivity index (χ1v) is 8.78. The highest BCUT2D eigenvalue weighted by Gasteiger charge is 2.36. The van der Waals surface area contributed by atoms with Crippen molar-refractivity contribution in [2.75, 3.05) is 13.7 Å². The van der Waals surface area contributed by atoms with Gasteiger partial charge in [0.2, 0.25) is 0 Å². The van der Waals surface area contributed by atoms with Crippen molar-refractivity contribution in [3.05, 3.63) is 53.4 Å². The predicted octanol–water partition coefficient (Wildman–Crippen LogP) is 1.96. The summed E-state index contributed by atoms with van der Waals surface area (Å²) in [5.41, 5.74) is 3.10. The van der Waals surface area contributed by atoms with Crippen LogP contribution in [-0.4, -0.2) is 54.8 Å². The fourth-order valence-electron chi connectivity index (χ4n) is 3.48. The van der Waals surface area contributed by atoms with Crippen LogP contribution in [0.2, 0.25) is 0 Å². The molecule has 2 atom stereocenters. The van der Waals surface area contributed by atoms with Crippen LogP contribution >= 0.6 is 0 Å². The monoisotopic (exact) mass is 353 g/mol. The molecule has 0 spiro atoms. The maximum Gasteiger partial charge on any atom is 0.170 e. The molecular weight excluding hydrogens is 330 g/mol. The number of benzene rings is 1. The van der Waals surface area contributed by atoms with Gasteiger partial charge in [-0.25, -0.2) is 4.98 Å². The van der Waals surface area contributed by atoms with Crippen molar-refractivity contribution in [3.8, 4) is 5.69 Å². The first kappa shape index (κ1) is 16.9. The normalized spacial score (nSPS) is 20.7. The quantitative estimate of drug-likeness (QED) is 0.755. The number of nitrogens with zero attached hydrogens (tertiary/aromatic N) is 6. The van der Waals surface area contributed by atoms with Crippen LogP contribution in [0.3, 0.4) is 0 Å². The molecule has 136 valence electrons. The van der Waals surface area contributed by atoms with Crippen molar-refractivity contribution in [2.24, 2.45) is 0 Å². The summed E-state index contributed by atoms with van der Waals surface area (Å²) in [5, 5.41) is 12.3. The Morgan fingerprint density at radius 3 is 2.73 bits per heavy atom. The summed E-state index contributed by atoms with van der Waals surface area (Å²) < 4.78 is 7.41. The fraction of sp³-hybridized carbons (Fsp3) is 0.444. The molecule has 0 aliphatic carbocycles. The second-order valence-electron chi connectivity index (χ2n) is 6.71. The minimum Gasteiger partial charge on any atom is -0.380 e. The molecule has 0 amide bonds. The first-order chi connectivity index (χ1) is 12.7. The Balaban J connectivity index is 1.61. The molecule has 0 bridgehead atoms. The summed E-state index contributed by atoms with van der Waals surface area (Å²) in [5.74, 6) is 1.79. The van der Waals surface area contributed by atoms with E-state index in [9.17, 15) is 0 Å². The second-order valence-corrected chi connectivity index (χ2v) is 6.71. The van der Waals surface area contributed by atoms with Crippen molar-refractivity contribution in [1.82, 2.24) is 35.1 Å². The highest BCUT2D eigenvalue weighted by Crippen LogP contribution is 2.33. The number of likely N-dealkylation sites (tertiary alicyclic amines) is 1. The zero-order valence-electron chi connectivity index (χ0n) is 15.3. The predicted molar refractivity (Wildman–Crippen MR) is 95.8 cm³/mol. The lowest BCUT2D eigenvalue weighted by Crippen LogP contribution is -2.27. The van der Waals surface area contributed by atoms with Crippen LogP contribution in [0.1, 0.15) is 35.5 Å². The van der Waals surface area contributed by atoms with Crippen molar-refractivity contribution >= 4 is 0 Å². The Morgan fingerprint density at radius 1 is 1.23 bits per heavy atom. The van der Waals surface area contributed by atoms with Crippen molar-refractivity contribution in [2.45, 2.75) is 39.0 Å². The standard InChI is InChI=1S/C18H23N7O/c1-12-13(2)20-18(19-12)16-9-15(26-3)10-24(16)11-17-21-22-23-25(17)14-7-5-4-6-8-14/h4-8,15-16H,9-11H2,1-3H3,(H,19,20)/t15-,16+/m1/s1. The van der Waals surface area contributed by atoms with E-state index in [0.717, 1.165) is 41.7 Å². The van der Waals surface area contributed by atoms with Crippen molar-refractivity contribution in [1.29, 1.82) is 0 Å². The Morgan fingerprint density at radius 2 is 2.04 bits per heavy atom. The molecule has 0 unspecified atom stereocenters. The van der Waals surface area contributed by atoms with Crippen LogP contribution in [0.4, 0.5) is 0 Å². The molecule has 3 heterocycles. The summed E-state index contributed by atoms with van der Waals surface area (Å²) in [6.07, 6.45) is 1.07. The van der Waals surface area contributed by atoms with Crippen LogP contribution in [0.5, 0.6) is 0 Å². The number of para-hydroxylation sites is 1. The third kappa shape index (κ3) is 3.13. The number of tetrazole rings is 1. The third-order valence-electron chi connectivity index (χ3n) is 5.04. The molecule has 1 aliphatic heterocycles. The van der Waals surface area contributed by atoms with E-state index in [2.05, 4.69) is 32.3 Å². The minimum atomic E-state index is 0.160. The minimum absolute atomic E-state index is 0.160. The number of hydrogen-bond donors (Lipinski definition) is 1. The fourth-order valence-corrected chi connectivity index (χ4v) is 3.48. The number of aryl methyl sites for hydroxylation is 2. The van der Waals surface area contributed by atoms with Crippen LogP contribution in [0, 0.1) is 13.8 Å². The summed E-state index contributed by atoms with van der Waals surface area (Å²) in [7, 11) is 1.76. The number of nitrogens with one attached hydrogen (secondary N) is 1. The van der Waals surface area contributed by atoms with Crippen LogP contribution < -0.4 is 0 Å². The van der Waals surface area contributed by atoms with E-state index in [1.54, 1.807) is 11.8 Å². The summed E-state index contributed by atoms with van der Waals surface area (Å²) in [6.45, 7) is 5.53. The topological polar surface area (TPSA) is 84.8 Å². The number of hydrogen-bond acceptors (Lipinski definition) is 6. The molecule has 0 saturated carbocycles. The van der Waals surface area contributed by atoms with Gasteiger partial charge in [0.1, 0.15) is 5.82 Å². The van der Waals surface area contributed by atoms with Gasteiger partial charge in [0.05, 0.1) is 30.1 Å². The van der Waals surface area contributed by atoms with E-state index in [4.69, 9.17) is 9.72 Å². The van der Waals surface area contributed by atoms with Crippen LogP contribution in [0.15, 0.2) is 30.3 Å². The Labute approximate surface area is 152 Å². The average Bonchev–Trinajstić information content (AvgIpc) is 3.36. The van der Waals surface area contributed by atoms with E-state index in [1.807, 2.05) is 37.3 Å². The Kier molecular flexibility index (Phi) is 4.52. The molecule has 1 saturated heterocycles. The zero-order chi connectivity index (χ0) is 18.1. The Hall–Kier alpha value is -2.58. The lowest BCUT2D eigenvalue weighted by molar-refractivity contribution is 0.107. The highest BCUT2D eigenvalue weighted by atomic mass is 16.5. The number of aromatic amines is 1. The molecule has 8 heteroatoms. The third-order valence-corrected chi connectivity index (χ3v) is 5.04. The number of methoxy groups -OCH3 is 1. The van der Waals surface area contributed by atoms with Gasteiger partial charge in [-0.3, -0.25) is 4.90 Å². The van der Waals surface area contributed by atoms with Gasteiger partial charge in [0.15, 0.2) is 5.82 Å². The second kappa shape index (κ2) is 6.97. The molecule has 1 aromatic carbocycles. The van der Waals surface area contributed by atoms with Gasteiger partial charge in [-0.05, 0) is 42.8 Å².